The molecule has 1 heterocycles. The van der Waals surface area contributed by atoms with Gasteiger partial charge in [0.05, 0.1) is 24.7 Å². The van der Waals surface area contributed by atoms with E-state index in [2.05, 4.69) is 0 Å². The Labute approximate surface area is 190 Å². The third kappa shape index (κ3) is 5.08. The number of likely N-dealkylation sites (N-methyl/N-ethyl adjacent to an activating group) is 1. The smallest absolute Gasteiger partial charge is 0.229 e. The van der Waals surface area contributed by atoms with Crippen molar-refractivity contribution in [2.24, 2.45) is 0 Å². The fourth-order valence-electron chi connectivity index (χ4n) is 4.38. The fraction of sp³-hybridized carbons (Fsp3) is 0.462. The number of amides is 1. The molecule has 0 saturated carbocycles. The number of carbonyl (C=O) groups is 2. The summed E-state index contributed by atoms with van der Waals surface area (Å²) in [7, 11) is 3.81. The van der Waals surface area contributed by atoms with Crippen molar-refractivity contribution in [2.45, 2.75) is 38.1 Å². The van der Waals surface area contributed by atoms with Crippen LogP contribution in [0, 0.1) is 5.82 Å². The van der Waals surface area contributed by atoms with Crippen molar-refractivity contribution >= 4 is 11.7 Å². The second-order valence-corrected chi connectivity index (χ2v) is 8.69. The van der Waals surface area contributed by atoms with Crippen LogP contribution < -0.4 is 0 Å². The lowest BCUT2D eigenvalue weighted by Crippen LogP contribution is -2.52. The van der Waals surface area contributed by atoms with Crippen molar-refractivity contribution in [3.63, 3.8) is 0 Å². The molecule has 0 aromatic heterocycles. The molecule has 0 radical (unpaired) electrons. The maximum absolute atomic E-state index is 13.5. The van der Waals surface area contributed by atoms with Crippen LogP contribution in [0.2, 0.25) is 0 Å². The van der Waals surface area contributed by atoms with E-state index in [-0.39, 0.29) is 23.4 Å². The first-order valence-electron chi connectivity index (χ1n) is 11.2. The molecular formula is C26H33FN2O3. The minimum Gasteiger partial charge on any atom is -0.378 e. The number of ketones is 1. The molecule has 5 nitrogen and oxygen atoms in total. The standard InChI is InChI=1S/C26H33FN2O3/c1-5-26(28(3)4,24(30)22-10-12-23(27)13-11-22)18-20-6-8-21(9-7-20)19(2)25(31)29-14-16-32-17-15-29/h6-13,19H,5,14-18H2,1-4H3. The van der Waals surface area contributed by atoms with Crippen LogP contribution in [0.1, 0.15) is 47.7 Å². The number of carbonyl (C=O) groups excluding carboxylic acids is 2. The Morgan fingerprint density at radius 3 is 2.19 bits per heavy atom. The Kier molecular flexibility index (Phi) is 7.80. The lowest BCUT2D eigenvalue weighted by molar-refractivity contribution is -0.136. The maximum atomic E-state index is 13.5. The molecule has 172 valence electrons. The number of rotatable bonds is 8. The monoisotopic (exact) mass is 440 g/mol. The number of morpholine rings is 1. The lowest BCUT2D eigenvalue weighted by atomic mass is 9.80. The summed E-state index contributed by atoms with van der Waals surface area (Å²) in [6.45, 7) is 6.37. The predicted molar refractivity (Wildman–Crippen MR) is 123 cm³/mol. The molecule has 0 N–H and O–H groups in total. The molecule has 1 fully saturated rings. The first-order chi connectivity index (χ1) is 15.3. The van der Waals surface area contributed by atoms with Crippen LogP contribution in [-0.2, 0) is 16.0 Å². The van der Waals surface area contributed by atoms with Crippen molar-refractivity contribution in [3.05, 3.63) is 71.0 Å². The Balaban J connectivity index is 1.79. The van der Waals surface area contributed by atoms with Gasteiger partial charge < -0.3 is 9.64 Å². The van der Waals surface area contributed by atoms with Crippen molar-refractivity contribution in [1.82, 2.24) is 9.80 Å². The maximum Gasteiger partial charge on any atom is 0.229 e. The number of halogens is 1. The molecule has 0 bridgehead atoms. The van der Waals surface area contributed by atoms with E-state index in [1.165, 1.54) is 12.1 Å². The molecule has 2 atom stereocenters. The minimum atomic E-state index is -0.741. The molecule has 1 amide bonds. The molecule has 6 heteroatoms. The van der Waals surface area contributed by atoms with Gasteiger partial charge in [0, 0.05) is 18.7 Å². The normalized spacial score (nSPS) is 17.1. The van der Waals surface area contributed by atoms with Crippen molar-refractivity contribution < 1.29 is 18.7 Å². The molecule has 1 aliphatic rings. The minimum absolute atomic E-state index is 0.0232. The fourth-order valence-corrected chi connectivity index (χ4v) is 4.38. The molecule has 0 aliphatic carbocycles. The third-order valence-electron chi connectivity index (χ3n) is 6.64. The molecular weight excluding hydrogens is 407 g/mol. The zero-order valence-electron chi connectivity index (χ0n) is 19.4. The van der Waals surface area contributed by atoms with E-state index in [4.69, 9.17) is 4.74 Å². The van der Waals surface area contributed by atoms with Gasteiger partial charge in [0.1, 0.15) is 5.82 Å². The Morgan fingerprint density at radius 2 is 1.66 bits per heavy atom. The van der Waals surface area contributed by atoms with Crippen LogP contribution in [0.5, 0.6) is 0 Å². The predicted octanol–water partition coefficient (Wildman–Crippen LogP) is 3.92. The highest BCUT2D eigenvalue weighted by Crippen LogP contribution is 2.29. The number of hydrogen-bond acceptors (Lipinski definition) is 4. The van der Waals surface area contributed by atoms with Crippen LogP contribution in [0.25, 0.3) is 0 Å². The molecule has 1 aliphatic heterocycles. The van der Waals surface area contributed by atoms with E-state index in [0.717, 1.165) is 11.1 Å². The molecule has 1 saturated heterocycles. The quantitative estimate of drug-likeness (QED) is 0.584. The van der Waals surface area contributed by atoms with Gasteiger partial charge in [-0.3, -0.25) is 14.5 Å². The summed E-state index contributed by atoms with van der Waals surface area (Å²) in [5.41, 5.74) is 1.74. The summed E-state index contributed by atoms with van der Waals surface area (Å²) in [5.74, 6) is -0.494. The lowest BCUT2D eigenvalue weighted by Gasteiger charge is -2.38. The largest absolute Gasteiger partial charge is 0.378 e. The summed E-state index contributed by atoms with van der Waals surface area (Å²) in [6, 6.07) is 13.7. The van der Waals surface area contributed by atoms with Gasteiger partial charge in [0.15, 0.2) is 5.78 Å². The summed E-state index contributed by atoms with van der Waals surface area (Å²) in [4.78, 5) is 30.1. The third-order valence-corrected chi connectivity index (χ3v) is 6.64. The van der Waals surface area contributed by atoms with Crippen LogP contribution in [-0.4, -0.2) is 67.4 Å². The zero-order chi connectivity index (χ0) is 23.3. The number of nitrogens with zero attached hydrogens (tertiary/aromatic N) is 2. The van der Waals surface area contributed by atoms with E-state index < -0.39 is 5.54 Å². The first-order valence-corrected chi connectivity index (χ1v) is 11.2. The molecule has 3 rings (SSSR count). The zero-order valence-corrected chi connectivity index (χ0v) is 19.4. The van der Waals surface area contributed by atoms with Gasteiger partial charge in [-0.2, -0.15) is 0 Å². The van der Waals surface area contributed by atoms with Crippen molar-refractivity contribution in [2.75, 3.05) is 40.4 Å². The number of Topliss-reactive ketones (excluding diaryl/α,β-unsaturated/α-hetero) is 1. The van der Waals surface area contributed by atoms with E-state index in [9.17, 15) is 14.0 Å². The highest BCUT2D eigenvalue weighted by atomic mass is 19.1. The van der Waals surface area contributed by atoms with Crippen LogP contribution >= 0.6 is 0 Å². The van der Waals surface area contributed by atoms with E-state index in [1.54, 1.807) is 12.1 Å². The Bertz CT molecular complexity index is 921. The Hall–Kier alpha value is -2.57. The van der Waals surface area contributed by atoms with Crippen molar-refractivity contribution in [1.29, 1.82) is 0 Å². The van der Waals surface area contributed by atoms with Gasteiger partial charge >= 0.3 is 0 Å². The van der Waals surface area contributed by atoms with Gasteiger partial charge in [-0.15, -0.1) is 0 Å². The number of ether oxygens (including phenoxy) is 1. The molecule has 2 aromatic carbocycles. The van der Waals surface area contributed by atoms with Gasteiger partial charge in [-0.25, -0.2) is 4.39 Å². The van der Waals surface area contributed by atoms with Crippen LogP contribution in [0.3, 0.4) is 0 Å². The summed E-state index contributed by atoms with van der Waals surface area (Å²) < 4.78 is 18.7. The van der Waals surface area contributed by atoms with E-state index in [0.29, 0.717) is 44.7 Å². The van der Waals surface area contributed by atoms with E-state index in [1.807, 2.05) is 62.0 Å². The summed E-state index contributed by atoms with van der Waals surface area (Å²) in [6.07, 6.45) is 1.14. The van der Waals surface area contributed by atoms with Crippen molar-refractivity contribution in [3.8, 4) is 0 Å². The number of benzene rings is 2. The summed E-state index contributed by atoms with van der Waals surface area (Å²) >= 11 is 0. The highest BCUT2D eigenvalue weighted by Gasteiger charge is 2.39. The SMILES string of the molecule is CCC(Cc1ccc(C(C)C(=O)N2CCOCC2)cc1)(C(=O)c1ccc(F)cc1)N(C)C. The molecule has 2 aromatic rings. The highest BCUT2D eigenvalue weighted by molar-refractivity contribution is 6.03. The number of hydrogen-bond donors (Lipinski definition) is 0. The second-order valence-electron chi connectivity index (χ2n) is 8.69. The van der Waals surface area contributed by atoms with Gasteiger partial charge in [0.2, 0.25) is 5.91 Å². The summed E-state index contributed by atoms with van der Waals surface area (Å²) in [5, 5.41) is 0. The molecule has 32 heavy (non-hydrogen) atoms. The van der Waals surface area contributed by atoms with Crippen LogP contribution in [0.15, 0.2) is 48.5 Å². The molecule has 0 spiro atoms. The average Bonchev–Trinajstić information content (AvgIpc) is 2.82. The van der Waals surface area contributed by atoms with Crippen LogP contribution in [0.4, 0.5) is 4.39 Å². The molecule has 2 unspecified atom stereocenters. The van der Waals surface area contributed by atoms with Gasteiger partial charge in [0.25, 0.3) is 0 Å². The van der Waals surface area contributed by atoms with E-state index >= 15 is 0 Å². The Morgan fingerprint density at radius 1 is 1.06 bits per heavy atom. The first kappa shape index (κ1) is 24.1. The second kappa shape index (κ2) is 10.4. The van der Waals surface area contributed by atoms with Gasteiger partial charge in [-0.1, -0.05) is 31.2 Å². The van der Waals surface area contributed by atoms with Gasteiger partial charge in [-0.05, 0) is 69.3 Å². The average molecular weight is 441 g/mol. The topological polar surface area (TPSA) is 49.9 Å².